The van der Waals surface area contributed by atoms with Crippen molar-refractivity contribution in [2.24, 2.45) is 0 Å². The summed E-state index contributed by atoms with van der Waals surface area (Å²) < 4.78 is 16.7. The average Bonchev–Trinajstić information content (AvgIpc) is 3.54. The van der Waals surface area contributed by atoms with E-state index < -0.39 is 49.5 Å². The molecule has 482 valence electrons. The van der Waals surface area contributed by atoms with Gasteiger partial charge < -0.3 is 45.1 Å². The quantitative estimate of drug-likeness (QED) is 0.0195. The lowest BCUT2D eigenvalue weighted by atomic mass is 9.99. The van der Waals surface area contributed by atoms with Gasteiger partial charge in [-0.15, -0.1) is 0 Å². The van der Waals surface area contributed by atoms with E-state index in [4.69, 9.17) is 14.2 Å². The van der Waals surface area contributed by atoms with E-state index in [0.717, 1.165) is 70.6 Å². The maximum Gasteiger partial charge on any atom is 0.305 e. The Labute approximate surface area is 509 Å². The van der Waals surface area contributed by atoms with Crippen LogP contribution in [0.1, 0.15) is 309 Å². The zero-order valence-corrected chi connectivity index (χ0v) is 53.4. The van der Waals surface area contributed by atoms with Gasteiger partial charge in [-0.25, -0.2) is 0 Å². The molecule has 1 fully saturated rings. The van der Waals surface area contributed by atoms with Crippen LogP contribution in [0, 0.1) is 0 Å². The monoisotopic (exact) mass is 1170 g/mol. The van der Waals surface area contributed by atoms with E-state index in [0.29, 0.717) is 19.4 Å². The van der Waals surface area contributed by atoms with Crippen LogP contribution in [0.3, 0.4) is 0 Å². The largest absolute Gasteiger partial charge is 0.466 e. The first-order valence-electron chi connectivity index (χ1n) is 34.7. The van der Waals surface area contributed by atoms with Gasteiger partial charge in [-0.1, -0.05) is 267 Å². The summed E-state index contributed by atoms with van der Waals surface area (Å²) in [6.45, 7) is 4.22. The molecule has 7 atom stereocenters. The minimum absolute atomic E-state index is 0.00938. The first-order chi connectivity index (χ1) is 40.7. The first kappa shape index (κ1) is 78.1. The molecule has 0 saturated carbocycles. The van der Waals surface area contributed by atoms with Gasteiger partial charge in [0.05, 0.1) is 32.0 Å². The van der Waals surface area contributed by atoms with Gasteiger partial charge in [-0.3, -0.25) is 9.59 Å². The number of nitrogens with one attached hydrogen (secondary N) is 1. The lowest BCUT2D eigenvalue weighted by Gasteiger charge is -2.40. The fourth-order valence-corrected chi connectivity index (χ4v) is 10.5. The molecule has 0 bridgehead atoms. The van der Waals surface area contributed by atoms with Gasteiger partial charge in [0.2, 0.25) is 5.91 Å². The fourth-order valence-electron chi connectivity index (χ4n) is 10.5. The summed E-state index contributed by atoms with van der Waals surface area (Å²) in [5.74, 6) is -0.202. The summed E-state index contributed by atoms with van der Waals surface area (Å²) in [6, 6.07) is -0.826. The predicted molar refractivity (Wildman–Crippen MR) is 347 cm³/mol. The lowest BCUT2D eigenvalue weighted by molar-refractivity contribution is -0.302. The van der Waals surface area contributed by atoms with Gasteiger partial charge in [0.15, 0.2) is 6.29 Å². The van der Waals surface area contributed by atoms with Crippen molar-refractivity contribution in [2.75, 3.05) is 19.8 Å². The van der Waals surface area contributed by atoms with Crippen LogP contribution in [0.2, 0.25) is 0 Å². The summed E-state index contributed by atoms with van der Waals surface area (Å²) in [5.41, 5.74) is 0. The van der Waals surface area contributed by atoms with E-state index in [1.807, 2.05) is 6.08 Å². The molecule has 1 heterocycles. The van der Waals surface area contributed by atoms with Crippen molar-refractivity contribution in [1.29, 1.82) is 0 Å². The molecule has 0 spiro atoms. The predicted octanol–water partition coefficient (Wildman–Crippen LogP) is 17.5. The van der Waals surface area contributed by atoms with Gasteiger partial charge in [0, 0.05) is 12.8 Å². The Hall–Kier alpha value is -2.90. The molecule has 0 radical (unpaired) electrons. The molecule has 1 rings (SSSR count). The van der Waals surface area contributed by atoms with Gasteiger partial charge in [-0.2, -0.15) is 0 Å². The average molecular weight is 1170 g/mol. The molecular weight excluding hydrogens is 1040 g/mol. The number of carbonyl (C=O) groups is 2. The third-order valence-corrected chi connectivity index (χ3v) is 16.0. The lowest BCUT2D eigenvalue weighted by Crippen LogP contribution is -2.60. The molecule has 83 heavy (non-hydrogen) atoms. The molecule has 1 saturated heterocycles. The Kier molecular flexibility index (Phi) is 57.2. The minimum Gasteiger partial charge on any atom is -0.466 e. The number of amides is 1. The smallest absolute Gasteiger partial charge is 0.305 e. The van der Waals surface area contributed by atoms with E-state index in [1.165, 1.54) is 212 Å². The number of aliphatic hydroxyl groups is 5. The van der Waals surface area contributed by atoms with Crippen molar-refractivity contribution in [3.05, 3.63) is 72.9 Å². The Bertz CT molecular complexity index is 1610. The van der Waals surface area contributed by atoms with Crippen molar-refractivity contribution >= 4 is 11.9 Å². The number of allylic oxidation sites excluding steroid dienone is 11. The van der Waals surface area contributed by atoms with Crippen molar-refractivity contribution in [1.82, 2.24) is 5.32 Å². The van der Waals surface area contributed by atoms with Crippen molar-refractivity contribution < 1.29 is 49.3 Å². The van der Waals surface area contributed by atoms with Crippen molar-refractivity contribution in [3.63, 3.8) is 0 Å². The molecule has 7 unspecified atom stereocenters. The molecule has 1 aliphatic rings. The van der Waals surface area contributed by atoms with Crippen molar-refractivity contribution in [2.45, 2.75) is 352 Å². The topological polar surface area (TPSA) is 175 Å². The Balaban J connectivity index is 1.93. The third-order valence-electron chi connectivity index (χ3n) is 16.0. The molecule has 6 N–H and O–H groups in total. The highest BCUT2D eigenvalue weighted by Crippen LogP contribution is 2.23. The second-order valence-electron chi connectivity index (χ2n) is 23.9. The Morgan fingerprint density at radius 1 is 0.446 bits per heavy atom. The number of unbranched alkanes of at least 4 members (excludes halogenated alkanes) is 36. The van der Waals surface area contributed by atoms with Crippen LogP contribution in [-0.4, -0.2) is 100 Å². The summed E-state index contributed by atoms with van der Waals surface area (Å²) in [5, 5.41) is 54.2. The molecule has 11 nitrogen and oxygen atoms in total. The standard InChI is InChI=1S/C72H129NO10/c1-3-5-7-9-11-13-14-36-40-44-48-52-56-60-68(77)81-61-57-53-49-45-41-38-35-33-31-29-27-25-23-21-19-17-15-16-18-20-22-24-26-28-30-32-34-37-39-43-47-51-55-59-67(76)73-64(65(75)58-54-50-46-42-12-10-8-6-4-2)63-82-72-71(80)70(79)69(78)66(62-74)83-72/h7,9,12-14,19,21,25,27,42,54,58,64-66,69-72,74-75,78-80H,3-6,8,10-11,15-18,20,22-24,26,28-41,43-53,55-57,59-63H2,1-2H3,(H,73,76)/b9-7-,14-13-,21-19-,27-25-,42-12+,58-54+. The van der Waals surface area contributed by atoms with Gasteiger partial charge in [0.25, 0.3) is 0 Å². The SMILES string of the molecule is CCC/C=C\C/C=C\CCCCCCCC(=O)OCCCCCCCCCCC/C=C\C/C=C\CCCCCCCCCCCCCCCCCCCC(=O)NC(COC1OC(CO)C(O)C(O)C1O)C(O)/C=C/CC/C=C/CCCCC. The zero-order chi connectivity index (χ0) is 60.2. The number of aliphatic hydroxyl groups excluding tert-OH is 5. The van der Waals surface area contributed by atoms with Crippen LogP contribution in [0.25, 0.3) is 0 Å². The van der Waals surface area contributed by atoms with Crippen molar-refractivity contribution in [3.8, 4) is 0 Å². The molecule has 1 amide bonds. The normalized spacial score (nSPS) is 18.6. The second-order valence-corrected chi connectivity index (χ2v) is 23.9. The van der Waals surface area contributed by atoms with E-state index in [1.54, 1.807) is 6.08 Å². The zero-order valence-electron chi connectivity index (χ0n) is 53.4. The third kappa shape index (κ3) is 49.9. The van der Waals surface area contributed by atoms with E-state index in [2.05, 4.69) is 79.9 Å². The van der Waals surface area contributed by atoms with Crippen LogP contribution in [0.5, 0.6) is 0 Å². The first-order valence-corrected chi connectivity index (χ1v) is 34.7. The molecule has 1 aliphatic heterocycles. The van der Waals surface area contributed by atoms with Crippen LogP contribution in [0.4, 0.5) is 0 Å². The summed E-state index contributed by atoms with van der Waals surface area (Å²) in [6.07, 6.45) is 72.0. The fraction of sp³-hybridized carbons (Fsp3) is 0.806. The number of hydrogen-bond acceptors (Lipinski definition) is 10. The number of ether oxygens (including phenoxy) is 3. The highest BCUT2D eigenvalue weighted by Gasteiger charge is 2.44. The van der Waals surface area contributed by atoms with Gasteiger partial charge >= 0.3 is 5.97 Å². The maximum absolute atomic E-state index is 13.0. The van der Waals surface area contributed by atoms with Crippen LogP contribution >= 0.6 is 0 Å². The molecule has 0 aromatic heterocycles. The molecule has 0 aromatic rings. The second kappa shape index (κ2) is 60.8. The highest BCUT2D eigenvalue weighted by atomic mass is 16.7. The van der Waals surface area contributed by atoms with Crippen LogP contribution in [-0.2, 0) is 23.8 Å². The van der Waals surface area contributed by atoms with Crippen LogP contribution in [0.15, 0.2) is 72.9 Å². The van der Waals surface area contributed by atoms with E-state index >= 15 is 0 Å². The van der Waals surface area contributed by atoms with Gasteiger partial charge in [-0.05, 0) is 103 Å². The molecule has 0 aromatic carbocycles. The number of rotatable bonds is 60. The Morgan fingerprint density at radius 3 is 1.31 bits per heavy atom. The summed E-state index contributed by atoms with van der Waals surface area (Å²) >= 11 is 0. The molecular formula is C72H129NO10. The molecule has 0 aliphatic carbocycles. The van der Waals surface area contributed by atoms with E-state index in [9.17, 15) is 35.1 Å². The number of hydrogen-bond donors (Lipinski definition) is 6. The Morgan fingerprint density at radius 2 is 0.843 bits per heavy atom. The van der Waals surface area contributed by atoms with E-state index in [-0.39, 0.29) is 18.5 Å². The summed E-state index contributed by atoms with van der Waals surface area (Å²) in [7, 11) is 0. The minimum atomic E-state index is -1.58. The number of esters is 1. The molecule has 11 heteroatoms. The maximum atomic E-state index is 13.0. The summed E-state index contributed by atoms with van der Waals surface area (Å²) in [4.78, 5) is 25.0. The van der Waals surface area contributed by atoms with Gasteiger partial charge in [0.1, 0.15) is 24.4 Å². The van der Waals surface area contributed by atoms with Crippen LogP contribution < -0.4 is 5.32 Å². The highest BCUT2D eigenvalue weighted by molar-refractivity contribution is 5.76. The number of carbonyl (C=O) groups excluding carboxylic acids is 2.